The summed E-state index contributed by atoms with van der Waals surface area (Å²) in [6, 6.07) is 10.7. The maximum atomic E-state index is 12.1. The summed E-state index contributed by atoms with van der Waals surface area (Å²) >= 11 is 0. The van der Waals surface area contributed by atoms with Gasteiger partial charge in [0.25, 0.3) is 0 Å². The highest BCUT2D eigenvalue weighted by atomic mass is 19.3. The zero-order valence-corrected chi connectivity index (χ0v) is 12.4. The van der Waals surface area contributed by atoms with E-state index in [0.29, 0.717) is 17.2 Å². The van der Waals surface area contributed by atoms with Crippen LogP contribution < -0.4 is 24.8 Å². The molecule has 0 aliphatic carbocycles. The van der Waals surface area contributed by atoms with Crippen LogP contribution in [0.25, 0.3) is 0 Å². The van der Waals surface area contributed by atoms with Gasteiger partial charge in [-0.25, -0.2) is 4.79 Å². The van der Waals surface area contributed by atoms with Crippen molar-refractivity contribution in [2.75, 3.05) is 12.1 Å². The van der Waals surface area contributed by atoms with E-state index in [4.69, 9.17) is 9.47 Å². The second-order valence-electron chi connectivity index (χ2n) is 4.90. The number of ether oxygens (including phenoxy) is 3. The third-order valence-electron chi connectivity index (χ3n) is 3.23. The number of rotatable bonds is 5. The predicted octanol–water partition coefficient (Wildman–Crippen LogP) is 3.34. The molecule has 1 heterocycles. The SMILES string of the molecule is O=C(NCc1ccc(OC(F)F)cc1)Nc1ccc2c(c1)OCO2. The van der Waals surface area contributed by atoms with Crippen LogP contribution in [0.1, 0.15) is 5.56 Å². The van der Waals surface area contributed by atoms with Gasteiger partial charge in [-0.15, -0.1) is 0 Å². The molecule has 0 fully saturated rings. The molecule has 0 radical (unpaired) electrons. The molecule has 2 N–H and O–H groups in total. The van der Waals surface area contributed by atoms with Gasteiger partial charge in [-0.1, -0.05) is 12.1 Å². The van der Waals surface area contributed by atoms with Crippen molar-refractivity contribution in [3.63, 3.8) is 0 Å². The molecule has 2 aromatic rings. The van der Waals surface area contributed by atoms with Gasteiger partial charge >= 0.3 is 12.6 Å². The van der Waals surface area contributed by atoms with Crippen LogP contribution in [0, 0.1) is 0 Å². The van der Waals surface area contributed by atoms with Crippen LogP contribution in [0.3, 0.4) is 0 Å². The van der Waals surface area contributed by atoms with Crippen LogP contribution >= 0.6 is 0 Å². The topological polar surface area (TPSA) is 68.8 Å². The Kier molecular flexibility index (Phi) is 4.64. The molecule has 126 valence electrons. The van der Waals surface area contributed by atoms with Crippen LogP contribution in [0.4, 0.5) is 19.3 Å². The molecule has 2 aromatic carbocycles. The molecule has 0 atom stereocenters. The van der Waals surface area contributed by atoms with Gasteiger partial charge in [0.2, 0.25) is 6.79 Å². The molecule has 0 unspecified atom stereocenters. The van der Waals surface area contributed by atoms with E-state index < -0.39 is 12.6 Å². The molecule has 8 heteroatoms. The lowest BCUT2D eigenvalue weighted by Crippen LogP contribution is -2.28. The van der Waals surface area contributed by atoms with E-state index in [9.17, 15) is 13.6 Å². The summed E-state index contributed by atoms with van der Waals surface area (Å²) in [5.74, 6) is 1.27. The zero-order valence-electron chi connectivity index (χ0n) is 12.4. The van der Waals surface area contributed by atoms with Gasteiger partial charge in [-0.2, -0.15) is 8.78 Å². The van der Waals surface area contributed by atoms with E-state index in [0.717, 1.165) is 5.56 Å². The lowest BCUT2D eigenvalue weighted by molar-refractivity contribution is -0.0498. The molecule has 1 aliphatic rings. The number of urea groups is 1. The van der Waals surface area contributed by atoms with Gasteiger partial charge < -0.3 is 24.8 Å². The van der Waals surface area contributed by atoms with Crippen molar-refractivity contribution in [3.8, 4) is 17.2 Å². The van der Waals surface area contributed by atoms with Crippen molar-refractivity contribution in [2.45, 2.75) is 13.2 Å². The largest absolute Gasteiger partial charge is 0.454 e. The molecule has 0 saturated carbocycles. The number of benzene rings is 2. The number of anilines is 1. The van der Waals surface area contributed by atoms with Crippen LogP contribution in [0.15, 0.2) is 42.5 Å². The minimum Gasteiger partial charge on any atom is -0.454 e. The molecule has 6 nitrogen and oxygen atoms in total. The summed E-state index contributed by atoms with van der Waals surface area (Å²) in [4.78, 5) is 11.9. The van der Waals surface area contributed by atoms with Crippen molar-refractivity contribution in [1.82, 2.24) is 5.32 Å². The lowest BCUT2D eigenvalue weighted by atomic mass is 10.2. The molecule has 0 spiro atoms. The molecule has 0 aromatic heterocycles. The molecular formula is C16H14F2N2O4. The molecule has 1 aliphatic heterocycles. The van der Waals surface area contributed by atoms with Gasteiger partial charge in [0.15, 0.2) is 11.5 Å². The van der Waals surface area contributed by atoms with Crippen LogP contribution in [-0.4, -0.2) is 19.4 Å². The number of carbonyl (C=O) groups is 1. The predicted molar refractivity (Wildman–Crippen MR) is 81.5 cm³/mol. The van der Waals surface area contributed by atoms with Crippen molar-refractivity contribution < 1.29 is 27.8 Å². The first kappa shape index (κ1) is 15.9. The normalized spacial score (nSPS) is 12.1. The fourth-order valence-corrected chi connectivity index (χ4v) is 2.12. The Labute approximate surface area is 136 Å². The first-order chi connectivity index (χ1) is 11.6. The quantitative estimate of drug-likeness (QED) is 0.879. The summed E-state index contributed by atoms with van der Waals surface area (Å²) in [5, 5.41) is 5.33. The van der Waals surface area contributed by atoms with E-state index in [2.05, 4.69) is 15.4 Å². The van der Waals surface area contributed by atoms with E-state index in [1.807, 2.05) is 0 Å². The average Bonchev–Trinajstić information content (AvgIpc) is 3.01. The molecule has 3 rings (SSSR count). The number of carbonyl (C=O) groups excluding carboxylic acids is 1. The summed E-state index contributed by atoms with van der Waals surface area (Å²) < 4.78 is 38.8. The average molecular weight is 336 g/mol. The maximum absolute atomic E-state index is 12.1. The number of hydrogen-bond acceptors (Lipinski definition) is 4. The smallest absolute Gasteiger partial charge is 0.387 e. The van der Waals surface area contributed by atoms with Gasteiger partial charge in [-0.3, -0.25) is 0 Å². The van der Waals surface area contributed by atoms with E-state index >= 15 is 0 Å². The van der Waals surface area contributed by atoms with E-state index in [-0.39, 0.29) is 19.1 Å². The Morgan fingerprint density at radius 1 is 1.12 bits per heavy atom. The zero-order chi connectivity index (χ0) is 16.9. The number of halogens is 2. The number of nitrogens with one attached hydrogen (secondary N) is 2. The third-order valence-corrected chi connectivity index (χ3v) is 3.23. The minimum atomic E-state index is -2.86. The van der Waals surface area contributed by atoms with Crippen LogP contribution in [0.2, 0.25) is 0 Å². The first-order valence-corrected chi connectivity index (χ1v) is 7.08. The van der Waals surface area contributed by atoms with Crippen LogP contribution in [0.5, 0.6) is 17.2 Å². The summed E-state index contributed by atoms with van der Waals surface area (Å²) in [5.41, 5.74) is 1.31. The van der Waals surface area contributed by atoms with Gasteiger partial charge in [0.1, 0.15) is 5.75 Å². The van der Waals surface area contributed by atoms with Crippen LogP contribution in [-0.2, 0) is 6.54 Å². The van der Waals surface area contributed by atoms with Crippen molar-refractivity contribution >= 4 is 11.7 Å². The highest BCUT2D eigenvalue weighted by Gasteiger charge is 2.14. The van der Waals surface area contributed by atoms with Crippen molar-refractivity contribution in [1.29, 1.82) is 0 Å². The second-order valence-corrected chi connectivity index (χ2v) is 4.90. The number of alkyl halides is 2. The summed E-state index contributed by atoms with van der Waals surface area (Å²) in [6.07, 6.45) is 0. The Morgan fingerprint density at radius 3 is 2.62 bits per heavy atom. The van der Waals surface area contributed by atoms with Gasteiger partial charge in [0, 0.05) is 18.3 Å². The van der Waals surface area contributed by atoms with E-state index in [1.165, 1.54) is 12.1 Å². The van der Waals surface area contributed by atoms with Crippen molar-refractivity contribution in [2.24, 2.45) is 0 Å². The van der Waals surface area contributed by atoms with Crippen molar-refractivity contribution in [3.05, 3.63) is 48.0 Å². The molecular weight excluding hydrogens is 322 g/mol. The fourth-order valence-electron chi connectivity index (χ4n) is 2.12. The first-order valence-electron chi connectivity index (χ1n) is 7.08. The highest BCUT2D eigenvalue weighted by Crippen LogP contribution is 2.34. The Balaban J connectivity index is 1.50. The maximum Gasteiger partial charge on any atom is 0.387 e. The summed E-state index contributed by atoms with van der Waals surface area (Å²) in [6.45, 7) is -2.46. The molecule has 0 bridgehead atoms. The molecule has 24 heavy (non-hydrogen) atoms. The van der Waals surface area contributed by atoms with Gasteiger partial charge in [0.05, 0.1) is 0 Å². The summed E-state index contributed by atoms with van der Waals surface area (Å²) in [7, 11) is 0. The Hall–Kier alpha value is -3.03. The molecule has 2 amide bonds. The number of fused-ring (bicyclic) bond motifs is 1. The third kappa shape index (κ3) is 4.03. The van der Waals surface area contributed by atoms with E-state index in [1.54, 1.807) is 30.3 Å². The Bertz CT molecular complexity index is 723. The number of hydrogen-bond donors (Lipinski definition) is 2. The minimum absolute atomic E-state index is 0.0681. The monoisotopic (exact) mass is 336 g/mol. The highest BCUT2D eigenvalue weighted by molar-refractivity contribution is 5.89. The fraction of sp³-hybridized carbons (Fsp3) is 0.188. The number of amides is 2. The Morgan fingerprint density at radius 2 is 1.88 bits per heavy atom. The molecule has 0 saturated heterocycles. The lowest BCUT2D eigenvalue weighted by Gasteiger charge is -2.09. The second kappa shape index (κ2) is 7.03. The standard InChI is InChI=1S/C16H14F2N2O4/c17-15(18)24-12-4-1-10(2-5-12)8-19-16(21)20-11-3-6-13-14(7-11)23-9-22-13/h1-7,15H,8-9H2,(H2,19,20,21). The van der Waals surface area contributed by atoms with Gasteiger partial charge in [-0.05, 0) is 29.8 Å².